The lowest BCUT2D eigenvalue weighted by Crippen LogP contribution is -2.31. The van der Waals surface area contributed by atoms with E-state index in [1.807, 2.05) is 25.1 Å². The number of aromatic nitrogens is 1. The summed E-state index contributed by atoms with van der Waals surface area (Å²) in [5.41, 5.74) is 6.29. The first-order valence-corrected chi connectivity index (χ1v) is 6.79. The normalized spacial score (nSPS) is 11.5. The van der Waals surface area contributed by atoms with Crippen molar-refractivity contribution in [2.75, 3.05) is 6.61 Å². The van der Waals surface area contributed by atoms with Crippen molar-refractivity contribution in [3.05, 3.63) is 59.9 Å². The fraction of sp³-hybridized carbons (Fsp3) is 0.188. The second kappa shape index (κ2) is 7.21. The van der Waals surface area contributed by atoms with Gasteiger partial charge in [-0.25, -0.2) is 0 Å². The van der Waals surface area contributed by atoms with Crippen LogP contribution in [0.15, 0.2) is 48.7 Å². The highest BCUT2D eigenvalue weighted by Gasteiger charge is 2.11. The zero-order chi connectivity index (χ0) is 15.9. The van der Waals surface area contributed by atoms with Crippen LogP contribution >= 0.6 is 0 Å². The molecule has 0 radical (unpaired) electrons. The third-order valence-electron chi connectivity index (χ3n) is 3.00. The fourth-order valence-corrected chi connectivity index (χ4v) is 1.88. The molecule has 114 valence electrons. The minimum atomic E-state index is -0.543. The summed E-state index contributed by atoms with van der Waals surface area (Å²) in [6, 6.07) is 11.7. The average molecular weight is 299 g/mol. The Hall–Kier alpha value is -2.89. The maximum Gasteiger partial charge on any atom is 0.258 e. The van der Waals surface area contributed by atoms with Crippen LogP contribution in [-0.4, -0.2) is 23.4 Å². The van der Waals surface area contributed by atoms with Crippen LogP contribution in [0.1, 0.15) is 29.0 Å². The van der Waals surface area contributed by atoms with Crippen molar-refractivity contribution < 1.29 is 14.3 Å². The third kappa shape index (κ3) is 4.31. The fourth-order valence-electron chi connectivity index (χ4n) is 1.88. The molecule has 0 bridgehead atoms. The minimum absolute atomic E-state index is 0.153. The van der Waals surface area contributed by atoms with Crippen LogP contribution in [0.4, 0.5) is 0 Å². The molecule has 1 atom stereocenters. The molecule has 22 heavy (non-hydrogen) atoms. The number of pyridine rings is 1. The molecule has 1 unspecified atom stereocenters. The van der Waals surface area contributed by atoms with Crippen LogP contribution in [0.3, 0.4) is 0 Å². The summed E-state index contributed by atoms with van der Waals surface area (Å²) < 4.78 is 5.36. The van der Waals surface area contributed by atoms with Gasteiger partial charge in [-0.1, -0.05) is 12.1 Å². The van der Waals surface area contributed by atoms with Gasteiger partial charge >= 0.3 is 0 Å². The summed E-state index contributed by atoms with van der Waals surface area (Å²) in [5.74, 6) is -0.404. The highest BCUT2D eigenvalue weighted by Crippen LogP contribution is 2.13. The van der Waals surface area contributed by atoms with Crippen LogP contribution in [0.25, 0.3) is 0 Å². The predicted octanol–water partition coefficient (Wildman–Crippen LogP) is 1.44. The number of hydrogen-bond donors (Lipinski definition) is 2. The Morgan fingerprint density at radius 2 is 2.09 bits per heavy atom. The number of carbonyl (C=O) groups excluding carboxylic acids is 2. The average Bonchev–Trinajstić information content (AvgIpc) is 2.54. The Bertz CT molecular complexity index is 659. The molecular weight excluding hydrogens is 282 g/mol. The molecule has 0 saturated heterocycles. The summed E-state index contributed by atoms with van der Waals surface area (Å²) in [4.78, 5) is 27.1. The van der Waals surface area contributed by atoms with Gasteiger partial charge in [0.05, 0.1) is 11.7 Å². The number of ether oxygens (including phenoxy) is 1. The molecular formula is C16H17N3O3. The number of hydrogen-bond acceptors (Lipinski definition) is 4. The van der Waals surface area contributed by atoms with Crippen LogP contribution in [0, 0.1) is 0 Å². The van der Waals surface area contributed by atoms with E-state index in [1.54, 1.807) is 24.4 Å². The van der Waals surface area contributed by atoms with Crippen molar-refractivity contribution in [2.24, 2.45) is 5.73 Å². The number of rotatable bonds is 6. The van der Waals surface area contributed by atoms with Crippen molar-refractivity contribution >= 4 is 11.8 Å². The van der Waals surface area contributed by atoms with E-state index in [0.717, 1.165) is 5.69 Å². The minimum Gasteiger partial charge on any atom is -0.484 e. The highest BCUT2D eigenvalue weighted by molar-refractivity contribution is 5.93. The van der Waals surface area contributed by atoms with Gasteiger partial charge in [0.1, 0.15) is 5.75 Å². The maximum absolute atomic E-state index is 11.9. The number of nitrogens with zero attached hydrogens (tertiary/aromatic N) is 1. The molecule has 3 N–H and O–H groups in total. The van der Waals surface area contributed by atoms with Crippen molar-refractivity contribution in [2.45, 2.75) is 13.0 Å². The van der Waals surface area contributed by atoms with E-state index in [1.165, 1.54) is 6.07 Å². The second-order valence-electron chi connectivity index (χ2n) is 4.72. The van der Waals surface area contributed by atoms with Crippen LogP contribution in [-0.2, 0) is 4.79 Å². The summed E-state index contributed by atoms with van der Waals surface area (Å²) in [6.45, 7) is 1.69. The topological polar surface area (TPSA) is 94.3 Å². The molecule has 6 heteroatoms. The molecule has 6 nitrogen and oxygen atoms in total. The number of primary amides is 1. The molecule has 1 aromatic heterocycles. The van der Waals surface area contributed by atoms with Gasteiger partial charge in [-0.05, 0) is 37.3 Å². The van der Waals surface area contributed by atoms with Gasteiger partial charge < -0.3 is 15.8 Å². The molecule has 0 fully saturated rings. The van der Waals surface area contributed by atoms with Crippen LogP contribution in [0.5, 0.6) is 5.75 Å². The van der Waals surface area contributed by atoms with Crippen LogP contribution in [0.2, 0.25) is 0 Å². The van der Waals surface area contributed by atoms with E-state index in [2.05, 4.69) is 10.3 Å². The molecule has 2 amide bonds. The predicted molar refractivity (Wildman–Crippen MR) is 81.2 cm³/mol. The summed E-state index contributed by atoms with van der Waals surface area (Å²) >= 11 is 0. The van der Waals surface area contributed by atoms with Gasteiger partial charge in [0.25, 0.3) is 5.91 Å². The van der Waals surface area contributed by atoms with Crippen molar-refractivity contribution in [1.82, 2.24) is 10.3 Å². The summed E-state index contributed by atoms with van der Waals surface area (Å²) in [7, 11) is 0. The van der Waals surface area contributed by atoms with E-state index >= 15 is 0 Å². The Balaban J connectivity index is 1.88. The van der Waals surface area contributed by atoms with Gasteiger partial charge in [-0.2, -0.15) is 0 Å². The smallest absolute Gasteiger partial charge is 0.258 e. The first kappa shape index (κ1) is 15.5. The largest absolute Gasteiger partial charge is 0.484 e. The first-order chi connectivity index (χ1) is 10.6. The van der Waals surface area contributed by atoms with E-state index in [0.29, 0.717) is 11.3 Å². The van der Waals surface area contributed by atoms with Crippen LogP contribution < -0.4 is 15.8 Å². The molecule has 2 aromatic rings. The number of nitrogens with two attached hydrogens (primary N) is 1. The second-order valence-corrected chi connectivity index (χ2v) is 4.72. The summed E-state index contributed by atoms with van der Waals surface area (Å²) in [6.07, 6.45) is 1.67. The lowest BCUT2D eigenvalue weighted by atomic mass is 10.2. The molecule has 0 saturated carbocycles. The maximum atomic E-state index is 11.9. The number of nitrogens with one attached hydrogen (secondary N) is 1. The Labute approximate surface area is 128 Å². The van der Waals surface area contributed by atoms with E-state index in [9.17, 15) is 9.59 Å². The van der Waals surface area contributed by atoms with Gasteiger partial charge in [0, 0.05) is 11.8 Å². The SMILES string of the molecule is CC(NC(=O)COc1cccc(C(N)=O)c1)c1ccccn1. The van der Waals surface area contributed by atoms with Crippen molar-refractivity contribution in [3.63, 3.8) is 0 Å². The molecule has 0 aliphatic heterocycles. The molecule has 0 aliphatic rings. The highest BCUT2D eigenvalue weighted by atomic mass is 16.5. The third-order valence-corrected chi connectivity index (χ3v) is 3.00. The standard InChI is InChI=1S/C16H17N3O3/c1-11(14-7-2-3-8-18-14)19-15(20)10-22-13-6-4-5-12(9-13)16(17)21/h2-9,11H,10H2,1H3,(H2,17,21)(H,19,20). The van der Waals surface area contributed by atoms with E-state index < -0.39 is 5.91 Å². The molecule has 0 spiro atoms. The van der Waals surface area contributed by atoms with E-state index in [4.69, 9.17) is 10.5 Å². The number of amides is 2. The van der Waals surface area contributed by atoms with Gasteiger partial charge in [0.15, 0.2) is 6.61 Å². The Kier molecular flexibility index (Phi) is 5.08. The van der Waals surface area contributed by atoms with Gasteiger partial charge in [-0.3, -0.25) is 14.6 Å². The monoisotopic (exact) mass is 299 g/mol. The summed E-state index contributed by atoms with van der Waals surface area (Å²) in [5, 5.41) is 2.79. The lowest BCUT2D eigenvalue weighted by molar-refractivity contribution is -0.123. The zero-order valence-corrected chi connectivity index (χ0v) is 12.2. The van der Waals surface area contributed by atoms with Crippen molar-refractivity contribution in [1.29, 1.82) is 0 Å². The molecule has 0 aliphatic carbocycles. The molecule has 1 heterocycles. The quantitative estimate of drug-likeness (QED) is 0.843. The van der Waals surface area contributed by atoms with Gasteiger partial charge in [0.2, 0.25) is 5.91 Å². The number of benzene rings is 1. The Morgan fingerprint density at radius 1 is 1.27 bits per heavy atom. The van der Waals surface area contributed by atoms with Crippen molar-refractivity contribution in [3.8, 4) is 5.75 Å². The molecule has 1 aromatic carbocycles. The van der Waals surface area contributed by atoms with E-state index in [-0.39, 0.29) is 18.6 Å². The molecule has 2 rings (SSSR count). The zero-order valence-electron chi connectivity index (χ0n) is 12.2. The Morgan fingerprint density at radius 3 is 2.77 bits per heavy atom. The number of carbonyl (C=O) groups is 2. The lowest BCUT2D eigenvalue weighted by Gasteiger charge is -2.13. The first-order valence-electron chi connectivity index (χ1n) is 6.79. The van der Waals surface area contributed by atoms with Gasteiger partial charge in [-0.15, -0.1) is 0 Å².